The first-order chi connectivity index (χ1) is 13.4. The smallest absolute Gasteiger partial charge is 0.238 e. The summed E-state index contributed by atoms with van der Waals surface area (Å²) in [4.78, 5) is 0.0547. The second-order valence-electron chi connectivity index (χ2n) is 7.15. The van der Waals surface area contributed by atoms with E-state index in [2.05, 4.69) is 5.32 Å². The van der Waals surface area contributed by atoms with Crippen LogP contribution in [0.15, 0.2) is 58.3 Å². The highest BCUT2D eigenvalue weighted by Crippen LogP contribution is 2.26. The highest BCUT2D eigenvalue weighted by Gasteiger charge is 2.45. The van der Waals surface area contributed by atoms with Gasteiger partial charge in [-0.15, -0.1) is 0 Å². The number of hydrogen-bond acceptors (Lipinski definition) is 7. The largest absolute Gasteiger partial charge is 0.308 e. The number of nitrogens with one attached hydrogen (secondary N) is 1. The summed E-state index contributed by atoms with van der Waals surface area (Å²) in [5.41, 5.74) is 1.58. The van der Waals surface area contributed by atoms with Crippen LogP contribution in [-0.4, -0.2) is 48.1 Å². The second kappa shape index (κ2) is 7.80. The maximum Gasteiger partial charge on any atom is 0.238 e. The fraction of sp³-hybridized carbons (Fsp3) is 0.333. The Kier molecular flexibility index (Phi) is 5.89. The van der Waals surface area contributed by atoms with E-state index in [4.69, 9.17) is 5.14 Å². The van der Waals surface area contributed by atoms with E-state index in [-0.39, 0.29) is 22.1 Å². The molecule has 0 radical (unpaired) electrons. The molecule has 11 heteroatoms. The molecule has 0 bridgehead atoms. The molecule has 0 unspecified atom stereocenters. The van der Waals surface area contributed by atoms with Gasteiger partial charge in [0.15, 0.2) is 19.7 Å². The summed E-state index contributed by atoms with van der Waals surface area (Å²) >= 11 is 0. The van der Waals surface area contributed by atoms with Gasteiger partial charge < -0.3 is 5.32 Å². The van der Waals surface area contributed by atoms with E-state index in [1.165, 1.54) is 24.3 Å². The number of primary sulfonamides is 1. The topological polar surface area (TPSA) is 140 Å². The minimum absolute atomic E-state index is 0.0375. The Morgan fingerprint density at radius 3 is 2.03 bits per heavy atom. The van der Waals surface area contributed by atoms with Crippen LogP contribution in [0.1, 0.15) is 11.1 Å². The van der Waals surface area contributed by atoms with Crippen molar-refractivity contribution in [2.75, 3.05) is 11.5 Å². The zero-order valence-corrected chi connectivity index (χ0v) is 18.1. The molecule has 2 aromatic rings. The van der Waals surface area contributed by atoms with Gasteiger partial charge in [-0.1, -0.05) is 29.8 Å². The van der Waals surface area contributed by atoms with Crippen LogP contribution in [0.5, 0.6) is 0 Å². The number of sulfonamides is 1. The summed E-state index contributed by atoms with van der Waals surface area (Å²) in [7, 11) is -11.2. The Morgan fingerprint density at radius 1 is 0.931 bits per heavy atom. The molecule has 1 saturated heterocycles. The normalized spacial score (nSPS) is 21.9. The summed E-state index contributed by atoms with van der Waals surface area (Å²) < 4.78 is 73.0. The number of benzene rings is 2. The molecule has 29 heavy (non-hydrogen) atoms. The van der Waals surface area contributed by atoms with Gasteiger partial charge in [-0.25, -0.2) is 30.4 Å². The van der Waals surface area contributed by atoms with E-state index in [0.717, 1.165) is 5.56 Å². The molecular weight excluding hydrogens is 436 g/mol. The van der Waals surface area contributed by atoms with Crippen LogP contribution >= 0.6 is 0 Å². The van der Waals surface area contributed by atoms with E-state index in [0.29, 0.717) is 5.56 Å². The molecule has 1 aliphatic rings. The van der Waals surface area contributed by atoms with Gasteiger partial charge in [-0.05, 0) is 36.8 Å². The first-order valence-corrected chi connectivity index (χ1v) is 13.7. The van der Waals surface area contributed by atoms with E-state index in [1.807, 2.05) is 6.92 Å². The van der Waals surface area contributed by atoms with Crippen molar-refractivity contribution in [2.24, 2.45) is 5.14 Å². The lowest BCUT2D eigenvalue weighted by Crippen LogP contribution is -2.43. The van der Waals surface area contributed by atoms with Crippen LogP contribution in [0.2, 0.25) is 0 Å². The van der Waals surface area contributed by atoms with E-state index in [9.17, 15) is 25.3 Å². The van der Waals surface area contributed by atoms with Crippen LogP contribution in [0.25, 0.3) is 0 Å². The number of sulfone groups is 2. The number of aryl methyl sites for hydroxylation is 1. The molecule has 158 valence electrons. The fourth-order valence-electron chi connectivity index (χ4n) is 3.26. The lowest BCUT2D eigenvalue weighted by Gasteiger charge is -2.20. The van der Waals surface area contributed by atoms with Crippen molar-refractivity contribution in [3.05, 3.63) is 59.7 Å². The Morgan fingerprint density at radius 2 is 1.48 bits per heavy atom. The van der Waals surface area contributed by atoms with Crippen molar-refractivity contribution >= 4 is 29.7 Å². The second-order valence-corrected chi connectivity index (χ2v) is 13.0. The summed E-state index contributed by atoms with van der Waals surface area (Å²) in [6.07, 6.45) is 0. The average molecular weight is 459 g/mol. The van der Waals surface area contributed by atoms with Gasteiger partial charge in [0.25, 0.3) is 0 Å². The third-order valence-corrected chi connectivity index (χ3v) is 9.96. The molecule has 1 heterocycles. The van der Waals surface area contributed by atoms with Crippen LogP contribution in [0, 0.1) is 6.92 Å². The minimum Gasteiger partial charge on any atom is -0.308 e. The Balaban J connectivity index is 1.81. The molecule has 0 saturated carbocycles. The predicted molar refractivity (Wildman–Crippen MR) is 109 cm³/mol. The molecule has 0 spiro atoms. The minimum atomic E-state index is -3.84. The molecule has 0 amide bonds. The molecule has 1 aliphatic heterocycles. The summed E-state index contributed by atoms with van der Waals surface area (Å²) in [6.45, 7) is 2.02. The monoisotopic (exact) mass is 458 g/mol. The highest BCUT2D eigenvalue weighted by molar-refractivity contribution is 7.96. The van der Waals surface area contributed by atoms with E-state index in [1.54, 1.807) is 24.3 Å². The van der Waals surface area contributed by atoms with Gasteiger partial charge in [0.05, 0.1) is 26.5 Å². The number of hydrogen-bond donors (Lipinski definition) is 2. The van der Waals surface area contributed by atoms with Crippen LogP contribution in [-0.2, 0) is 36.2 Å². The summed E-state index contributed by atoms with van der Waals surface area (Å²) in [5.74, 6) is -0.719. The molecule has 1 fully saturated rings. The standard InChI is InChI=1S/C18H22N2O6S3/c1-13-2-6-15(7-3-13)28(23,24)18-12-27(21,22)11-17(18)20-10-14-4-8-16(9-5-14)29(19,25)26/h2-9,17-18,20H,10-12H2,1H3,(H2,19,25,26)/t17-,18-/m0/s1. The third kappa shape index (κ3) is 5.04. The maximum atomic E-state index is 13.0. The Labute approximate surface area is 171 Å². The lowest BCUT2D eigenvalue weighted by atomic mass is 10.2. The van der Waals surface area contributed by atoms with E-state index < -0.39 is 46.7 Å². The zero-order valence-electron chi connectivity index (χ0n) is 15.6. The molecular formula is C18H22N2O6S3. The van der Waals surface area contributed by atoms with Crippen molar-refractivity contribution in [1.29, 1.82) is 0 Å². The van der Waals surface area contributed by atoms with Crippen molar-refractivity contribution in [2.45, 2.75) is 34.6 Å². The van der Waals surface area contributed by atoms with Crippen LogP contribution in [0.4, 0.5) is 0 Å². The molecule has 0 aromatic heterocycles. The highest BCUT2D eigenvalue weighted by atomic mass is 32.2. The molecule has 0 aliphatic carbocycles. The molecule has 8 nitrogen and oxygen atoms in total. The van der Waals surface area contributed by atoms with Gasteiger partial charge in [0, 0.05) is 12.6 Å². The lowest BCUT2D eigenvalue weighted by molar-refractivity contribution is 0.526. The van der Waals surface area contributed by atoms with Gasteiger partial charge in [-0.2, -0.15) is 0 Å². The maximum absolute atomic E-state index is 13.0. The van der Waals surface area contributed by atoms with E-state index >= 15 is 0 Å². The third-order valence-electron chi connectivity index (χ3n) is 4.87. The van der Waals surface area contributed by atoms with Gasteiger partial charge in [0.1, 0.15) is 0 Å². The van der Waals surface area contributed by atoms with Gasteiger partial charge >= 0.3 is 0 Å². The molecule has 3 N–H and O–H groups in total. The summed E-state index contributed by atoms with van der Waals surface area (Å²) in [6, 6.07) is 11.3. The Hall–Kier alpha value is -1.79. The van der Waals surface area contributed by atoms with Crippen molar-refractivity contribution in [1.82, 2.24) is 5.32 Å². The van der Waals surface area contributed by atoms with Crippen molar-refractivity contribution < 1.29 is 25.3 Å². The molecule has 2 atom stereocenters. The van der Waals surface area contributed by atoms with Crippen molar-refractivity contribution in [3.8, 4) is 0 Å². The average Bonchev–Trinajstić information content (AvgIpc) is 2.95. The van der Waals surface area contributed by atoms with Gasteiger partial charge in [0.2, 0.25) is 10.0 Å². The van der Waals surface area contributed by atoms with Crippen LogP contribution < -0.4 is 10.5 Å². The number of nitrogens with two attached hydrogens (primary N) is 1. The first-order valence-electron chi connectivity index (χ1n) is 8.75. The quantitative estimate of drug-likeness (QED) is 0.637. The fourth-order valence-corrected chi connectivity index (χ4v) is 8.49. The van der Waals surface area contributed by atoms with Crippen molar-refractivity contribution in [3.63, 3.8) is 0 Å². The predicted octanol–water partition coefficient (Wildman–Crippen LogP) is 0.372. The molecule has 2 aromatic carbocycles. The van der Waals surface area contributed by atoms with Crippen LogP contribution in [0.3, 0.4) is 0 Å². The molecule has 3 rings (SSSR count). The zero-order chi connectivity index (χ0) is 21.4. The van der Waals surface area contributed by atoms with Gasteiger partial charge in [-0.3, -0.25) is 0 Å². The first kappa shape index (κ1) is 21.9. The SMILES string of the molecule is Cc1ccc(S(=O)(=O)[C@H]2CS(=O)(=O)C[C@@H]2NCc2ccc(S(N)(=O)=O)cc2)cc1. The number of rotatable bonds is 6. The Bertz CT molecular complexity index is 1200. The summed E-state index contributed by atoms with van der Waals surface area (Å²) in [5, 5.41) is 6.98.